The average molecular weight is 425 g/mol. The van der Waals surface area contributed by atoms with Gasteiger partial charge in [0.2, 0.25) is 5.91 Å². The Morgan fingerprint density at radius 1 is 1.10 bits per heavy atom. The topological polar surface area (TPSA) is 69.0 Å². The van der Waals surface area contributed by atoms with Crippen LogP contribution in [0.3, 0.4) is 0 Å². The van der Waals surface area contributed by atoms with Crippen molar-refractivity contribution in [3.63, 3.8) is 0 Å². The van der Waals surface area contributed by atoms with Gasteiger partial charge in [-0.25, -0.2) is 0 Å². The van der Waals surface area contributed by atoms with Crippen molar-refractivity contribution in [2.24, 2.45) is 13.0 Å². The third-order valence-electron chi connectivity index (χ3n) is 4.76. The van der Waals surface area contributed by atoms with Gasteiger partial charge in [-0.05, 0) is 42.2 Å². The summed E-state index contributed by atoms with van der Waals surface area (Å²) in [6.07, 6.45) is 0.895. The van der Waals surface area contributed by atoms with Crippen molar-refractivity contribution >= 4 is 17.7 Å². The van der Waals surface area contributed by atoms with E-state index in [1.807, 2.05) is 54.1 Å². The van der Waals surface area contributed by atoms with Gasteiger partial charge in [-0.15, -0.1) is 10.2 Å². The second-order valence-electron chi connectivity index (χ2n) is 7.54. The number of aromatic nitrogens is 3. The molecule has 0 spiro atoms. The van der Waals surface area contributed by atoms with Crippen molar-refractivity contribution in [3.8, 4) is 17.1 Å². The van der Waals surface area contributed by atoms with Crippen LogP contribution in [0.25, 0.3) is 11.4 Å². The quantitative estimate of drug-likeness (QED) is 0.513. The molecule has 0 saturated heterocycles. The first-order chi connectivity index (χ1) is 14.5. The fourth-order valence-corrected chi connectivity index (χ4v) is 3.96. The third-order valence-corrected chi connectivity index (χ3v) is 5.78. The number of hydrogen-bond acceptors (Lipinski definition) is 5. The van der Waals surface area contributed by atoms with E-state index < -0.39 is 0 Å². The van der Waals surface area contributed by atoms with E-state index in [1.54, 1.807) is 7.11 Å². The lowest BCUT2D eigenvalue weighted by molar-refractivity contribution is -0.119. The number of carbonyl (C=O) groups excluding carboxylic acids is 1. The van der Waals surface area contributed by atoms with Gasteiger partial charge < -0.3 is 14.6 Å². The Morgan fingerprint density at radius 3 is 2.43 bits per heavy atom. The summed E-state index contributed by atoms with van der Waals surface area (Å²) >= 11 is 1.39. The molecule has 1 aromatic heterocycles. The van der Waals surface area contributed by atoms with Crippen LogP contribution in [-0.4, -0.2) is 33.5 Å². The fourth-order valence-electron chi connectivity index (χ4n) is 3.23. The van der Waals surface area contributed by atoms with Gasteiger partial charge in [-0.3, -0.25) is 4.79 Å². The first kappa shape index (κ1) is 21.9. The summed E-state index contributed by atoms with van der Waals surface area (Å²) < 4.78 is 7.11. The van der Waals surface area contributed by atoms with Crippen LogP contribution in [0.5, 0.6) is 5.75 Å². The van der Waals surface area contributed by atoms with E-state index in [4.69, 9.17) is 4.74 Å². The molecule has 0 aliphatic rings. The summed E-state index contributed by atoms with van der Waals surface area (Å²) in [4.78, 5) is 12.6. The number of carbonyl (C=O) groups is 1. The number of methoxy groups -OCH3 is 1. The molecule has 0 saturated carbocycles. The molecule has 30 heavy (non-hydrogen) atoms. The van der Waals surface area contributed by atoms with Crippen molar-refractivity contribution in [2.45, 2.75) is 31.5 Å². The normalized spacial score (nSPS) is 12.0. The third kappa shape index (κ3) is 5.63. The maximum Gasteiger partial charge on any atom is 0.230 e. The molecule has 1 heterocycles. The summed E-state index contributed by atoms with van der Waals surface area (Å²) in [5.74, 6) is 2.30. The highest BCUT2D eigenvalue weighted by Crippen LogP contribution is 2.25. The summed E-state index contributed by atoms with van der Waals surface area (Å²) in [5.41, 5.74) is 2.08. The highest BCUT2D eigenvalue weighted by Gasteiger charge is 2.18. The van der Waals surface area contributed by atoms with Crippen LogP contribution in [0.2, 0.25) is 0 Å². The van der Waals surface area contributed by atoms with Gasteiger partial charge in [0, 0.05) is 12.6 Å². The first-order valence-corrected chi connectivity index (χ1v) is 11.0. The fraction of sp³-hybridized carbons (Fsp3) is 0.348. The van der Waals surface area contributed by atoms with Crippen molar-refractivity contribution < 1.29 is 9.53 Å². The Morgan fingerprint density at radius 2 is 1.80 bits per heavy atom. The van der Waals surface area contributed by atoms with Gasteiger partial charge in [0.1, 0.15) is 5.75 Å². The summed E-state index contributed by atoms with van der Waals surface area (Å²) in [7, 11) is 3.55. The van der Waals surface area contributed by atoms with Gasteiger partial charge >= 0.3 is 0 Å². The predicted molar refractivity (Wildman–Crippen MR) is 120 cm³/mol. The second kappa shape index (κ2) is 10.3. The first-order valence-electron chi connectivity index (χ1n) is 9.99. The van der Waals surface area contributed by atoms with Crippen LogP contribution in [0.4, 0.5) is 0 Å². The lowest BCUT2D eigenvalue weighted by Gasteiger charge is -2.21. The molecule has 7 heteroatoms. The number of rotatable bonds is 9. The molecule has 1 N–H and O–H groups in total. The molecule has 0 bridgehead atoms. The summed E-state index contributed by atoms with van der Waals surface area (Å²) in [5, 5.41) is 12.4. The van der Waals surface area contributed by atoms with E-state index in [-0.39, 0.29) is 17.7 Å². The monoisotopic (exact) mass is 424 g/mol. The van der Waals surface area contributed by atoms with E-state index >= 15 is 0 Å². The van der Waals surface area contributed by atoms with Gasteiger partial charge in [-0.2, -0.15) is 0 Å². The minimum atomic E-state index is -0.0106. The number of ether oxygens (including phenoxy) is 1. The number of thioether (sulfide) groups is 1. The maximum atomic E-state index is 12.6. The SMILES string of the molecule is COc1ccc(-c2nnc(SCC(=O)N[C@@H](CC(C)C)c3ccccc3)n2C)cc1. The predicted octanol–water partition coefficient (Wildman–Crippen LogP) is 4.49. The Balaban J connectivity index is 1.63. The zero-order valence-electron chi connectivity index (χ0n) is 17.8. The molecule has 3 aromatic rings. The lowest BCUT2D eigenvalue weighted by Crippen LogP contribution is -2.31. The van der Waals surface area contributed by atoms with Crippen LogP contribution in [0.1, 0.15) is 31.9 Å². The van der Waals surface area contributed by atoms with Gasteiger partial charge in [-0.1, -0.05) is 55.9 Å². The number of amides is 1. The molecule has 3 rings (SSSR count). The minimum Gasteiger partial charge on any atom is -0.497 e. The van der Waals surface area contributed by atoms with Gasteiger partial charge in [0.25, 0.3) is 0 Å². The van der Waals surface area contributed by atoms with Crippen LogP contribution >= 0.6 is 11.8 Å². The Bertz CT molecular complexity index is 955. The van der Waals surface area contributed by atoms with Gasteiger partial charge in [0.05, 0.1) is 18.9 Å². The molecule has 6 nitrogen and oxygen atoms in total. The van der Waals surface area contributed by atoms with Crippen LogP contribution in [0, 0.1) is 5.92 Å². The summed E-state index contributed by atoms with van der Waals surface area (Å²) in [6.45, 7) is 4.33. The number of benzene rings is 2. The highest BCUT2D eigenvalue weighted by molar-refractivity contribution is 7.99. The molecule has 0 radical (unpaired) electrons. The van der Waals surface area contributed by atoms with Crippen molar-refractivity contribution in [1.29, 1.82) is 0 Å². The van der Waals surface area contributed by atoms with E-state index in [2.05, 4.69) is 41.5 Å². The number of nitrogens with zero attached hydrogens (tertiary/aromatic N) is 3. The van der Waals surface area contributed by atoms with E-state index in [0.717, 1.165) is 29.1 Å². The van der Waals surface area contributed by atoms with Crippen LogP contribution in [0.15, 0.2) is 59.8 Å². The smallest absolute Gasteiger partial charge is 0.230 e. The largest absolute Gasteiger partial charge is 0.497 e. The Hall–Kier alpha value is -2.80. The zero-order valence-corrected chi connectivity index (χ0v) is 18.6. The number of nitrogens with one attached hydrogen (secondary N) is 1. The molecule has 0 unspecified atom stereocenters. The molecular weight excluding hydrogens is 396 g/mol. The van der Waals surface area contributed by atoms with Crippen molar-refractivity contribution in [3.05, 3.63) is 60.2 Å². The molecule has 0 aliphatic heterocycles. The molecule has 1 atom stereocenters. The summed E-state index contributed by atoms with van der Waals surface area (Å²) in [6, 6.07) is 17.8. The van der Waals surface area contributed by atoms with Gasteiger partial charge in [0.15, 0.2) is 11.0 Å². The molecule has 0 aliphatic carbocycles. The van der Waals surface area contributed by atoms with E-state index in [9.17, 15) is 4.79 Å². The molecular formula is C23H28N4O2S. The average Bonchev–Trinajstić information content (AvgIpc) is 3.12. The Kier molecular flexibility index (Phi) is 7.52. The maximum absolute atomic E-state index is 12.6. The second-order valence-corrected chi connectivity index (χ2v) is 8.49. The van der Waals surface area contributed by atoms with Crippen LogP contribution < -0.4 is 10.1 Å². The standard InChI is InChI=1S/C23H28N4O2S/c1-16(2)14-20(17-8-6-5-7-9-17)24-21(28)15-30-23-26-25-22(27(23)3)18-10-12-19(29-4)13-11-18/h5-13,16,20H,14-15H2,1-4H3,(H,24,28)/t20-/m0/s1. The molecule has 1 amide bonds. The van der Waals surface area contributed by atoms with Crippen molar-refractivity contribution in [1.82, 2.24) is 20.1 Å². The van der Waals surface area contributed by atoms with E-state index in [1.165, 1.54) is 11.8 Å². The lowest BCUT2D eigenvalue weighted by atomic mass is 9.97. The minimum absolute atomic E-state index is 0.00802. The zero-order chi connectivity index (χ0) is 21.5. The van der Waals surface area contributed by atoms with E-state index in [0.29, 0.717) is 11.1 Å². The highest BCUT2D eigenvalue weighted by atomic mass is 32.2. The molecule has 2 aromatic carbocycles. The number of hydrogen-bond donors (Lipinski definition) is 1. The molecule has 158 valence electrons. The molecule has 0 fully saturated rings. The Labute approximate surface area is 182 Å². The van der Waals surface area contributed by atoms with Crippen LogP contribution in [-0.2, 0) is 11.8 Å². The van der Waals surface area contributed by atoms with Crippen molar-refractivity contribution in [2.75, 3.05) is 12.9 Å².